The van der Waals surface area contributed by atoms with Gasteiger partial charge in [0.1, 0.15) is 11.6 Å². The molecule has 1 amide bonds. The largest absolute Gasteiger partial charge is 0.471 e. The Morgan fingerprint density at radius 2 is 1.88 bits per heavy atom. The fourth-order valence-corrected chi connectivity index (χ4v) is 3.34. The third kappa shape index (κ3) is 3.22. The number of carbonyl (C=O) groups excluding carboxylic acids is 1. The van der Waals surface area contributed by atoms with E-state index in [1.54, 1.807) is 5.32 Å². The third-order valence-corrected chi connectivity index (χ3v) is 5.02. The predicted octanol–water partition coefficient (Wildman–Crippen LogP) is 2.43. The molecule has 2 heterocycles. The number of H-pyrrole nitrogens is 1. The van der Waals surface area contributed by atoms with Crippen LogP contribution in [0.1, 0.15) is 0 Å². The number of carbonyl (C=O) groups is 1. The maximum Gasteiger partial charge on any atom is 0.471 e. The van der Waals surface area contributed by atoms with E-state index in [4.69, 9.17) is 0 Å². The molecule has 0 saturated heterocycles. The molecule has 0 aliphatic heterocycles. The standard InChI is InChI=1S/C14H8F4N4O3S/c15-7-2-1-3-8(4-7)26(24,25)9-5-10-11(19-6-9)21-22-12(10)20-13(23)14(16,17)18/h1-6H,(H2,19,20,21,22,23). The van der Waals surface area contributed by atoms with E-state index in [0.29, 0.717) is 0 Å². The fraction of sp³-hybridized carbons (Fsp3) is 0.0714. The number of aromatic amines is 1. The molecule has 0 saturated carbocycles. The van der Waals surface area contributed by atoms with Gasteiger partial charge in [-0.05, 0) is 24.3 Å². The number of amides is 1. The molecule has 2 aromatic heterocycles. The minimum absolute atomic E-state index is 0.110. The molecule has 0 atom stereocenters. The second kappa shape index (κ2) is 6.05. The number of fused-ring (bicyclic) bond motifs is 1. The van der Waals surface area contributed by atoms with Crippen LogP contribution in [0, 0.1) is 5.82 Å². The quantitative estimate of drug-likeness (QED) is 0.671. The van der Waals surface area contributed by atoms with Gasteiger partial charge >= 0.3 is 12.1 Å². The van der Waals surface area contributed by atoms with Gasteiger partial charge in [0.2, 0.25) is 9.84 Å². The number of hydrogen-bond donors (Lipinski definition) is 2. The lowest BCUT2D eigenvalue weighted by Gasteiger charge is -2.07. The smallest absolute Gasteiger partial charge is 0.303 e. The molecule has 7 nitrogen and oxygen atoms in total. The van der Waals surface area contributed by atoms with Crippen molar-refractivity contribution in [3.05, 3.63) is 42.3 Å². The van der Waals surface area contributed by atoms with Crippen LogP contribution in [0.5, 0.6) is 0 Å². The Morgan fingerprint density at radius 1 is 1.15 bits per heavy atom. The molecule has 136 valence electrons. The van der Waals surface area contributed by atoms with Crippen LogP contribution in [0.3, 0.4) is 0 Å². The molecule has 1 aromatic carbocycles. The molecule has 12 heteroatoms. The minimum Gasteiger partial charge on any atom is -0.303 e. The molecular formula is C14H8F4N4O3S. The molecule has 0 radical (unpaired) electrons. The number of halogens is 4. The normalized spacial score (nSPS) is 12.3. The van der Waals surface area contributed by atoms with E-state index in [1.807, 2.05) is 0 Å². The molecule has 3 aromatic rings. The summed E-state index contributed by atoms with van der Waals surface area (Å²) in [5.74, 6) is -3.51. The van der Waals surface area contributed by atoms with Gasteiger partial charge in [-0.3, -0.25) is 9.89 Å². The van der Waals surface area contributed by atoms with Crippen LogP contribution >= 0.6 is 0 Å². The van der Waals surface area contributed by atoms with E-state index in [9.17, 15) is 30.8 Å². The topological polar surface area (TPSA) is 105 Å². The van der Waals surface area contributed by atoms with Crippen molar-refractivity contribution in [1.82, 2.24) is 15.2 Å². The molecule has 26 heavy (non-hydrogen) atoms. The lowest BCUT2D eigenvalue weighted by Crippen LogP contribution is -2.30. The molecule has 2 N–H and O–H groups in total. The van der Waals surface area contributed by atoms with Crippen LogP contribution < -0.4 is 5.32 Å². The number of hydrogen-bond acceptors (Lipinski definition) is 5. The monoisotopic (exact) mass is 388 g/mol. The maximum atomic E-state index is 13.3. The average molecular weight is 388 g/mol. The van der Waals surface area contributed by atoms with Gasteiger partial charge in [0.25, 0.3) is 0 Å². The van der Waals surface area contributed by atoms with E-state index in [1.165, 1.54) is 6.07 Å². The average Bonchev–Trinajstić information content (AvgIpc) is 2.96. The summed E-state index contributed by atoms with van der Waals surface area (Å²) in [6.07, 6.45) is -4.21. The Morgan fingerprint density at radius 3 is 2.54 bits per heavy atom. The summed E-state index contributed by atoms with van der Waals surface area (Å²) in [7, 11) is -4.18. The summed E-state index contributed by atoms with van der Waals surface area (Å²) in [5, 5.41) is 7.14. The van der Waals surface area contributed by atoms with Gasteiger partial charge in [0.05, 0.1) is 15.2 Å². The number of benzene rings is 1. The number of alkyl halides is 3. The Kier molecular flexibility index (Phi) is 4.14. The minimum atomic E-state index is -5.14. The zero-order valence-corrected chi connectivity index (χ0v) is 13.3. The van der Waals surface area contributed by atoms with Gasteiger partial charge in [0, 0.05) is 6.20 Å². The van der Waals surface area contributed by atoms with Crippen LogP contribution in [0.15, 0.2) is 46.3 Å². The third-order valence-electron chi connectivity index (χ3n) is 3.30. The van der Waals surface area contributed by atoms with Crippen molar-refractivity contribution in [3.63, 3.8) is 0 Å². The maximum absolute atomic E-state index is 13.3. The van der Waals surface area contributed by atoms with E-state index in [2.05, 4.69) is 15.2 Å². The molecule has 3 rings (SSSR count). The number of nitrogens with one attached hydrogen (secondary N) is 2. The number of sulfone groups is 1. The second-order valence-corrected chi connectivity index (χ2v) is 7.00. The van der Waals surface area contributed by atoms with Crippen molar-refractivity contribution in [3.8, 4) is 0 Å². The molecule has 0 spiro atoms. The zero-order valence-electron chi connectivity index (χ0n) is 12.5. The van der Waals surface area contributed by atoms with Crippen LogP contribution in [0.25, 0.3) is 11.0 Å². The number of nitrogens with zero attached hydrogens (tertiary/aromatic N) is 2. The summed E-state index contributed by atoms with van der Waals surface area (Å²) < 4.78 is 75.5. The first kappa shape index (κ1) is 17.8. The Labute approximate surface area is 143 Å². The highest BCUT2D eigenvalue weighted by Gasteiger charge is 2.39. The number of rotatable bonds is 3. The zero-order chi connectivity index (χ0) is 19.1. The van der Waals surface area contributed by atoms with Crippen molar-refractivity contribution in [2.75, 3.05) is 5.32 Å². The van der Waals surface area contributed by atoms with Crippen molar-refractivity contribution < 1.29 is 30.8 Å². The summed E-state index contributed by atoms with van der Waals surface area (Å²) in [5.41, 5.74) is -0.110. The lowest BCUT2D eigenvalue weighted by molar-refractivity contribution is -0.167. The van der Waals surface area contributed by atoms with E-state index < -0.39 is 38.5 Å². The van der Waals surface area contributed by atoms with E-state index >= 15 is 0 Å². The molecular weight excluding hydrogens is 380 g/mol. The summed E-state index contributed by atoms with van der Waals surface area (Å²) in [4.78, 5) is 14.0. The Hall–Kier alpha value is -3.02. The summed E-state index contributed by atoms with van der Waals surface area (Å²) in [6.45, 7) is 0. The molecule has 0 aliphatic carbocycles. The predicted molar refractivity (Wildman–Crippen MR) is 80.4 cm³/mol. The Balaban J connectivity index is 2.06. The van der Waals surface area contributed by atoms with Gasteiger partial charge in [-0.2, -0.15) is 18.3 Å². The number of aromatic nitrogens is 3. The van der Waals surface area contributed by atoms with Gasteiger partial charge in [-0.15, -0.1) is 0 Å². The SMILES string of the molecule is O=C(Nc1[nH]nc2ncc(S(=O)(=O)c3cccc(F)c3)cc12)C(F)(F)F. The van der Waals surface area contributed by atoms with Crippen LogP contribution in [-0.4, -0.2) is 35.7 Å². The highest BCUT2D eigenvalue weighted by atomic mass is 32.2. The van der Waals surface area contributed by atoms with Crippen molar-refractivity contribution in [2.24, 2.45) is 0 Å². The van der Waals surface area contributed by atoms with Crippen LogP contribution in [0.4, 0.5) is 23.4 Å². The first-order chi connectivity index (χ1) is 12.1. The summed E-state index contributed by atoms with van der Waals surface area (Å²) in [6, 6.07) is 5.19. The lowest BCUT2D eigenvalue weighted by atomic mass is 10.3. The molecule has 0 aliphatic rings. The molecule has 0 fully saturated rings. The van der Waals surface area contributed by atoms with Gasteiger partial charge in [-0.25, -0.2) is 17.8 Å². The Bertz CT molecular complexity index is 1110. The second-order valence-electron chi connectivity index (χ2n) is 5.05. The van der Waals surface area contributed by atoms with E-state index in [0.717, 1.165) is 30.5 Å². The first-order valence-corrected chi connectivity index (χ1v) is 8.30. The van der Waals surface area contributed by atoms with Crippen LogP contribution in [0.2, 0.25) is 0 Å². The van der Waals surface area contributed by atoms with Crippen molar-refractivity contribution >= 4 is 32.6 Å². The highest BCUT2D eigenvalue weighted by molar-refractivity contribution is 7.91. The number of pyridine rings is 1. The van der Waals surface area contributed by atoms with Gasteiger partial charge in [-0.1, -0.05) is 6.07 Å². The first-order valence-electron chi connectivity index (χ1n) is 6.82. The molecule has 0 bridgehead atoms. The highest BCUT2D eigenvalue weighted by Crippen LogP contribution is 2.27. The van der Waals surface area contributed by atoms with E-state index in [-0.39, 0.29) is 15.9 Å². The van der Waals surface area contributed by atoms with Crippen molar-refractivity contribution in [1.29, 1.82) is 0 Å². The van der Waals surface area contributed by atoms with Gasteiger partial charge < -0.3 is 5.32 Å². The summed E-state index contributed by atoms with van der Waals surface area (Å²) >= 11 is 0. The number of anilines is 1. The van der Waals surface area contributed by atoms with Crippen molar-refractivity contribution in [2.45, 2.75) is 16.0 Å². The fourth-order valence-electron chi connectivity index (χ4n) is 2.08. The molecule has 0 unspecified atom stereocenters. The van der Waals surface area contributed by atoms with Crippen LogP contribution in [-0.2, 0) is 14.6 Å². The van der Waals surface area contributed by atoms with Gasteiger partial charge in [0.15, 0.2) is 5.65 Å².